The van der Waals surface area contributed by atoms with Crippen molar-refractivity contribution in [3.8, 4) is 6.07 Å². The Kier molecular flexibility index (Phi) is 5.02. The normalized spacial score (nSPS) is 11.3. The van der Waals surface area contributed by atoms with Gasteiger partial charge in [0.05, 0.1) is 17.0 Å². The van der Waals surface area contributed by atoms with Gasteiger partial charge in [0.1, 0.15) is 5.82 Å². The predicted octanol–water partition coefficient (Wildman–Crippen LogP) is 3.23. The van der Waals surface area contributed by atoms with Gasteiger partial charge in [0.2, 0.25) is 0 Å². The van der Waals surface area contributed by atoms with E-state index in [9.17, 15) is 0 Å². The second kappa shape index (κ2) is 6.29. The molecule has 1 atom stereocenters. The van der Waals surface area contributed by atoms with E-state index < -0.39 is 0 Å². The largest absolute Gasteiger partial charge is 0.347 e. The fourth-order valence-corrected chi connectivity index (χ4v) is 1.77. The molecule has 0 saturated heterocycles. The minimum Gasteiger partial charge on any atom is -0.347 e. The van der Waals surface area contributed by atoms with Crippen LogP contribution in [0.25, 0.3) is 0 Å². The first kappa shape index (κ1) is 13.6. The first-order valence-corrected chi connectivity index (χ1v) is 5.35. The zero-order valence-corrected chi connectivity index (χ0v) is 10.5. The minimum atomic E-state index is -0.164. The molecule has 0 spiro atoms. The minimum absolute atomic E-state index is 0. The number of aromatic amines is 1. The molecule has 0 aliphatic heterocycles. The third-order valence-corrected chi connectivity index (χ3v) is 2.68. The number of aromatic nitrogens is 2. The Morgan fingerprint density at radius 2 is 2.06 bits per heavy atom. The molecule has 2 rings (SSSR count). The van der Waals surface area contributed by atoms with Crippen LogP contribution in [0, 0.1) is 11.3 Å². The Bertz CT molecular complexity index is 485. The highest BCUT2D eigenvalue weighted by Gasteiger charge is 2.10. The first-order chi connectivity index (χ1) is 7.79. The lowest BCUT2D eigenvalue weighted by Gasteiger charge is -2.06. The number of halogens is 2. The molecule has 1 heterocycles. The molecular formula is C12H11Cl2N3. The van der Waals surface area contributed by atoms with Crippen molar-refractivity contribution >= 4 is 24.0 Å². The van der Waals surface area contributed by atoms with E-state index in [4.69, 9.17) is 16.9 Å². The monoisotopic (exact) mass is 267 g/mol. The Morgan fingerprint density at radius 3 is 2.59 bits per heavy atom. The molecule has 0 amide bonds. The molecule has 17 heavy (non-hydrogen) atoms. The van der Waals surface area contributed by atoms with Crippen molar-refractivity contribution in [2.24, 2.45) is 0 Å². The number of alkyl halides is 1. The maximum atomic E-state index is 8.67. The maximum absolute atomic E-state index is 8.67. The molecule has 0 aliphatic rings. The average molecular weight is 268 g/mol. The Balaban J connectivity index is 0.00000144. The number of imidazole rings is 1. The van der Waals surface area contributed by atoms with Crippen molar-refractivity contribution < 1.29 is 0 Å². The van der Waals surface area contributed by atoms with Gasteiger partial charge in [-0.05, 0) is 24.1 Å². The van der Waals surface area contributed by atoms with E-state index in [0.717, 1.165) is 11.4 Å². The van der Waals surface area contributed by atoms with Gasteiger partial charge in [-0.1, -0.05) is 12.1 Å². The molecule has 2 aromatic rings. The molecule has 0 radical (unpaired) electrons. The van der Waals surface area contributed by atoms with E-state index in [1.54, 1.807) is 24.5 Å². The SMILES string of the molecule is Cl.N#Cc1ccc(CC(Cl)c2ncc[nH]2)cc1. The molecule has 0 aliphatic carbocycles. The summed E-state index contributed by atoms with van der Waals surface area (Å²) in [5.41, 5.74) is 1.75. The maximum Gasteiger partial charge on any atom is 0.124 e. The van der Waals surface area contributed by atoms with Crippen LogP contribution in [0.15, 0.2) is 36.7 Å². The Hall–Kier alpha value is -1.50. The van der Waals surface area contributed by atoms with Crippen molar-refractivity contribution in [2.45, 2.75) is 11.8 Å². The number of hydrogen-bond acceptors (Lipinski definition) is 2. The van der Waals surface area contributed by atoms with Crippen molar-refractivity contribution in [2.75, 3.05) is 0 Å². The molecule has 1 aromatic carbocycles. The van der Waals surface area contributed by atoms with Crippen LogP contribution in [0.4, 0.5) is 0 Å². The van der Waals surface area contributed by atoms with Crippen molar-refractivity contribution in [3.63, 3.8) is 0 Å². The molecule has 88 valence electrons. The van der Waals surface area contributed by atoms with Crippen LogP contribution in [0.5, 0.6) is 0 Å². The van der Waals surface area contributed by atoms with Crippen molar-refractivity contribution in [1.82, 2.24) is 9.97 Å². The fraction of sp³-hybridized carbons (Fsp3) is 0.167. The van der Waals surface area contributed by atoms with Crippen molar-refractivity contribution in [3.05, 3.63) is 53.6 Å². The summed E-state index contributed by atoms with van der Waals surface area (Å²) in [7, 11) is 0. The summed E-state index contributed by atoms with van der Waals surface area (Å²) in [4.78, 5) is 7.09. The highest BCUT2D eigenvalue weighted by atomic mass is 35.5. The third-order valence-electron chi connectivity index (χ3n) is 2.31. The van der Waals surface area contributed by atoms with Crippen LogP contribution in [-0.4, -0.2) is 9.97 Å². The standard InChI is InChI=1S/C12H10ClN3.ClH/c13-11(12-15-5-6-16-12)7-9-1-3-10(8-14)4-2-9;/h1-6,11H,7H2,(H,15,16);1H. The highest BCUT2D eigenvalue weighted by Crippen LogP contribution is 2.21. The van der Waals surface area contributed by atoms with Crippen LogP contribution < -0.4 is 0 Å². The summed E-state index contributed by atoms with van der Waals surface area (Å²) < 4.78 is 0. The summed E-state index contributed by atoms with van der Waals surface area (Å²) in [6.45, 7) is 0. The second-order valence-corrected chi connectivity index (χ2v) is 3.98. The number of rotatable bonds is 3. The lowest BCUT2D eigenvalue weighted by atomic mass is 10.1. The smallest absolute Gasteiger partial charge is 0.124 e. The quantitative estimate of drug-likeness (QED) is 0.869. The van der Waals surface area contributed by atoms with E-state index in [1.807, 2.05) is 12.1 Å². The van der Waals surface area contributed by atoms with Crippen molar-refractivity contribution in [1.29, 1.82) is 5.26 Å². The van der Waals surface area contributed by atoms with E-state index in [2.05, 4.69) is 16.0 Å². The summed E-state index contributed by atoms with van der Waals surface area (Å²) in [5, 5.41) is 8.51. The summed E-state index contributed by atoms with van der Waals surface area (Å²) in [5.74, 6) is 0.769. The van der Waals surface area contributed by atoms with Crippen LogP contribution in [0.1, 0.15) is 22.3 Å². The summed E-state index contributed by atoms with van der Waals surface area (Å²) in [6, 6.07) is 9.50. The molecule has 0 fully saturated rings. The fourth-order valence-electron chi connectivity index (χ4n) is 1.47. The number of nitriles is 1. The van der Waals surface area contributed by atoms with Crippen LogP contribution in [-0.2, 0) is 6.42 Å². The predicted molar refractivity (Wildman–Crippen MR) is 69.3 cm³/mol. The molecule has 5 heteroatoms. The molecule has 1 aromatic heterocycles. The molecule has 3 nitrogen and oxygen atoms in total. The third kappa shape index (κ3) is 3.48. The van der Waals surface area contributed by atoms with Crippen LogP contribution >= 0.6 is 24.0 Å². The number of nitrogens with one attached hydrogen (secondary N) is 1. The summed E-state index contributed by atoms with van der Waals surface area (Å²) in [6.07, 6.45) is 4.13. The topological polar surface area (TPSA) is 52.5 Å². The zero-order chi connectivity index (χ0) is 11.4. The average Bonchev–Trinajstić information content (AvgIpc) is 2.83. The van der Waals surface area contributed by atoms with Gasteiger partial charge < -0.3 is 4.98 Å². The van der Waals surface area contributed by atoms with Gasteiger partial charge in [-0.2, -0.15) is 5.26 Å². The van der Waals surface area contributed by atoms with Crippen LogP contribution in [0.2, 0.25) is 0 Å². The molecular weight excluding hydrogens is 257 g/mol. The number of hydrogen-bond donors (Lipinski definition) is 1. The van der Waals surface area contributed by atoms with Crippen LogP contribution in [0.3, 0.4) is 0 Å². The highest BCUT2D eigenvalue weighted by molar-refractivity contribution is 6.20. The zero-order valence-electron chi connectivity index (χ0n) is 8.93. The first-order valence-electron chi connectivity index (χ1n) is 4.92. The second-order valence-electron chi connectivity index (χ2n) is 3.45. The molecule has 1 N–H and O–H groups in total. The van der Waals surface area contributed by atoms with Gasteiger partial charge in [0.15, 0.2) is 0 Å². The van der Waals surface area contributed by atoms with E-state index in [1.165, 1.54) is 0 Å². The van der Waals surface area contributed by atoms with Gasteiger partial charge >= 0.3 is 0 Å². The number of H-pyrrole nitrogens is 1. The van der Waals surface area contributed by atoms with E-state index in [0.29, 0.717) is 12.0 Å². The molecule has 1 unspecified atom stereocenters. The van der Waals surface area contributed by atoms with Gasteiger partial charge in [-0.3, -0.25) is 0 Å². The lowest BCUT2D eigenvalue weighted by Crippen LogP contribution is -1.98. The van der Waals surface area contributed by atoms with Gasteiger partial charge in [0, 0.05) is 12.4 Å². The van der Waals surface area contributed by atoms with Gasteiger partial charge in [0.25, 0.3) is 0 Å². The Labute approximate surface area is 111 Å². The van der Waals surface area contributed by atoms with E-state index in [-0.39, 0.29) is 17.8 Å². The van der Waals surface area contributed by atoms with E-state index >= 15 is 0 Å². The number of nitrogens with zero attached hydrogens (tertiary/aromatic N) is 2. The number of benzene rings is 1. The molecule has 0 bridgehead atoms. The molecule has 0 saturated carbocycles. The van der Waals surface area contributed by atoms with Gasteiger partial charge in [-0.15, -0.1) is 24.0 Å². The van der Waals surface area contributed by atoms with Gasteiger partial charge in [-0.25, -0.2) is 4.98 Å². The summed E-state index contributed by atoms with van der Waals surface area (Å²) >= 11 is 6.20. The lowest BCUT2D eigenvalue weighted by molar-refractivity contribution is 0.849. The Morgan fingerprint density at radius 1 is 1.35 bits per heavy atom.